The van der Waals surface area contributed by atoms with Crippen LogP contribution in [0, 0.1) is 13.8 Å². The van der Waals surface area contributed by atoms with Gasteiger partial charge in [0.1, 0.15) is 12.6 Å². The standard InChI is InChI=1S/C23H23N3O5/c1-13-3-6-17(9-14(13)2)24-23(30)31-12-15-4-5-16-11-26(22(29)18(16)10-15)19-7-8-20(27)25-21(19)28/h3-6,9-10,19H,7-8,11-12H2,1-2H3,(H,24,30)(H,25,27,28). The Morgan fingerprint density at radius 1 is 1.13 bits per heavy atom. The number of hydrogen-bond donors (Lipinski definition) is 2. The zero-order valence-corrected chi connectivity index (χ0v) is 17.4. The Morgan fingerprint density at radius 2 is 1.94 bits per heavy atom. The fraction of sp³-hybridized carbons (Fsp3) is 0.304. The minimum Gasteiger partial charge on any atom is -0.444 e. The van der Waals surface area contributed by atoms with Gasteiger partial charge in [-0.1, -0.05) is 18.2 Å². The van der Waals surface area contributed by atoms with E-state index in [1.165, 1.54) is 4.90 Å². The van der Waals surface area contributed by atoms with Crippen molar-refractivity contribution in [2.75, 3.05) is 5.32 Å². The highest BCUT2D eigenvalue weighted by Crippen LogP contribution is 2.28. The molecule has 0 bridgehead atoms. The second kappa shape index (κ2) is 8.22. The van der Waals surface area contributed by atoms with Gasteiger partial charge in [-0.3, -0.25) is 25.0 Å². The van der Waals surface area contributed by atoms with Crippen LogP contribution >= 0.6 is 0 Å². The third-order valence-corrected chi connectivity index (χ3v) is 5.72. The highest BCUT2D eigenvalue weighted by Gasteiger charge is 2.39. The van der Waals surface area contributed by atoms with E-state index < -0.39 is 18.0 Å². The summed E-state index contributed by atoms with van der Waals surface area (Å²) in [5.41, 5.74) is 4.81. The number of amides is 4. The molecule has 0 saturated carbocycles. The highest BCUT2D eigenvalue weighted by molar-refractivity contribution is 6.05. The summed E-state index contributed by atoms with van der Waals surface area (Å²) in [5.74, 6) is -1.01. The number of carbonyl (C=O) groups is 4. The summed E-state index contributed by atoms with van der Waals surface area (Å²) < 4.78 is 5.29. The molecule has 2 aliphatic rings. The Bertz CT molecular complexity index is 1090. The number of rotatable bonds is 4. The molecule has 0 aliphatic carbocycles. The molecule has 2 heterocycles. The first kappa shape index (κ1) is 20.6. The Kier molecular flexibility index (Phi) is 5.46. The maximum atomic E-state index is 12.9. The average molecular weight is 421 g/mol. The van der Waals surface area contributed by atoms with Crippen LogP contribution in [0.3, 0.4) is 0 Å². The Hall–Kier alpha value is -3.68. The van der Waals surface area contributed by atoms with Crippen molar-refractivity contribution in [2.45, 2.75) is 45.9 Å². The number of hydrogen-bond acceptors (Lipinski definition) is 5. The van der Waals surface area contributed by atoms with E-state index >= 15 is 0 Å². The van der Waals surface area contributed by atoms with E-state index in [0.29, 0.717) is 29.8 Å². The van der Waals surface area contributed by atoms with Crippen molar-refractivity contribution in [3.63, 3.8) is 0 Å². The van der Waals surface area contributed by atoms with Gasteiger partial charge in [0.2, 0.25) is 11.8 Å². The first-order valence-electron chi connectivity index (χ1n) is 10.1. The molecule has 1 atom stereocenters. The third kappa shape index (κ3) is 4.28. The fourth-order valence-corrected chi connectivity index (χ4v) is 3.81. The van der Waals surface area contributed by atoms with E-state index in [2.05, 4.69) is 10.6 Å². The second-order valence-corrected chi connectivity index (χ2v) is 7.89. The first-order valence-corrected chi connectivity index (χ1v) is 10.1. The van der Waals surface area contributed by atoms with E-state index in [-0.39, 0.29) is 24.8 Å². The van der Waals surface area contributed by atoms with Crippen LogP contribution in [0.2, 0.25) is 0 Å². The predicted octanol–water partition coefficient (Wildman–Crippen LogP) is 2.81. The number of nitrogens with one attached hydrogen (secondary N) is 2. The molecule has 1 unspecified atom stereocenters. The number of aryl methyl sites for hydroxylation is 2. The fourth-order valence-electron chi connectivity index (χ4n) is 3.81. The maximum Gasteiger partial charge on any atom is 0.411 e. The van der Waals surface area contributed by atoms with Crippen molar-refractivity contribution >= 4 is 29.5 Å². The number of nitrogens with zero attached hydrogens (tertiary/aromatic N) is 1. The summed E-state index contributed by atoms with van der Waals surface area (Å²) in [4.78, 5) is 50.0. The van der Waals surface area contributed by atoms with Gasteiger partial charge in [-0.25, -0.2) is 4.79 Å². The van der Waals surface area contributed by atoms with Crippen LogP contribution in [0.4, 0.5) is 10.5 Å². The largest absolute Gasteiger partial charge is 0.444 e. The average Bonchev–Trinajstić information content (AvgIpc) is 3.05. The molecule has 4 amide bonds. The smallest absolute Gasteiger partial charge is 0.411 e. The first-order chi connectivity index (χ1) is 14.8. The van der Waals surface area contributed by atoms with Crippen molar-refractivity contribution in [3.05, 3.63) is 64.2 Å². The van der Waals surface area contributed by atoms with Crippen LogP contribution < -0.4 is 10.6 Å². The van der Waals surface area contributed by atoms with Crippen molar-refractivity contribution in [1.29, 1.82) is 0 Å². The number of benzene rings is 2. The Balaban J connectivity index is 1.38. The van der Waals surface area contributed by atoms with E-state index in [1.807, 2.05) is 26.0 Å². The number of fused-ring (bicyclic) bond motifs is 1. The SMILES string of the molecule is Cc1ccc(NC(=O)OCc2ccc3c(c2)C(=O)N(C2CCC(=O)NC2=O)C3)cc1C. The van der Waals surface area contributed by atoms with Gasteiger partial charge < -0.3 is 9.64 Å². The Labute approximate surface area is 179 Å². The molecule has 8 heteroatoms. The molecule has 2 N–H and O–H groups in total. The highest BCUT2D eigenvalue weighted by atomic mass is 16.5. The van der Waals surface area contributed by atoms with Gasteiger partial charge >= 0.3 is 6.09 Å². The topological polar surface area (TPSA) is 105 Å². The van der Waals surface area contributed by atoms with Crippen molar-refractivity contribution in [1.82, 2.24) is 10.2 Å². The molecular weight excluding hydrogens is 398 g/mol. The monoisotopic (exact) mass is 421 g/mol. The number of carbonyl (C=O) groups excluding carboxylic acids is 4. The molecule has 31 heavy (non-hydrogen) atoms. The molecule has 0 aromatic heterocycles. The van der Waals surface area contributed by atoms with Crippen molar-refractivity contribution < 1.29 is 23.9 Å². The lowest BCUT2D eigenvalue weighted by molar-refractivity contribution is -0.136. The van der Waals surface area contributed by atoms with E-state index in [9.17, 15) is 19.2 Å². The van der Waals surface area contributed by atoms with Gasteiger partial charge in [-0.2, -0.15) is 0 Å². The molecule has 1 fully saturated rings. The van der Waals surface area contributed by atoms with Crippen LogP contribution in [0.5, 0.6) is 0 Å². The third-order valence-electron chi connectivity index (χ3n) is 5.72. The van der Waals surface area contributed by atoms with Crippen LogP contribution in [-0.2, 0) is 27.5 Å². The van der Waals surface area contributed by atoms with Gasteiger partial charge in [0.25, 0.3) is 5.91 Å². The summed E-state index contributed by atoms with van der Waals surface area (Å²) >= 11 is 0. The van der Waals surface area contributed by atoms with Gasteiger partial charge in [0.05, 0.1) is 0 Å². The summed E-state index contributed by atoms with van der Waals surface area (Å²) in [6.07, 6.45) is -0.0511. The molecule has 2 aliphatic heterocycles. The lowest BCUT2D eigenvalue weighted by atomic mass is 10.0. The zero-order chi connectivity index (χ0) is 22.1. The van der Waals surface area contributed by atoms with Gasteiger partial charge in [-0.05, 0) is 60.7 Å². The minimum absolute atomic E-state index is 0.00958. The van der Waals surface area contributed by atoms with Gasteiger partial charge in [-0.15, -0.1) is 0 Å². The van der Waals surface area contributed by atoms with Crippen molar-refractivity contribution in [3.8, 4) is 0 Å². The summed E-state index contributed by atoms with van der Waals surface area (Å²) in [5, 5.41) is 4.98. The maximum absolute atomic E-state index is 12.9. The summed E-state index contributed by atoms with van der Waals surface area (Å²) in [6.45, 7) is 4.28. The summed E-state index contributed by atoms with van der Waals surface area (Å²) in [7, 11) is 0. The predicted molar refractivity (Wildman–Crippen MR) is 112 cm³/mol. The molecular formula is C23H23N3O5. The molecule has 2 aromatic rings. The molecule has 1 saturated heterocycles. The molecule has 160 valence electrons. The normalized spacial score (nSPS) is 17.9. The molecule has 0 radical (unpaired) electrons. The van der Waals surface area contributed by atoms with Gasteiger partial charge in [0.15, 0.2) is 0 Å². The number of ether oxygens (including phenoxy) is 1. The lowest BCUT2D eigenvalue weighted by Gasteiger charge is -2.29. The zero-order valence-electron chi connectivity index (χ0n) is 17.4. The van der Waals surface area contributed by atoms with Gasteiger partial charge in [0, 0.05) is 24.2 Å². The quantitative estimate of drug-likeness (QED) is 0.739. The van der Waals surface area contributed by atoms with E-state index in [1.54, 1.807) is 24.3 Å². The number of imide groups is 1. The van der Waals surface area contributed by atoms with Crippen LogP contribution in [0.1, 0.15) is 45.5 Å². The van der Waals surface area contributed by atoms with Crippen LogP contribution in [-0.4, -0.2) is 34.8 Å². The minimum atomic E-state index is -0.652. The van der Waals surface area contributed by atoms with Crippen molar-refractivity contribution in [2.24, 2.45) is 0 Å². The number of anilines is 1. The van der Waals surface area contributed by atoms with Crippen LogP contribution in [0.15, 0.2) is 36.4 Å². The molecule has 4 rings (SSSR count). The number of piperidine rings is 1. The molecule has 8 nitrogen and oxygen atoms in total. The van der Waals surface area contributed by atoms with E-state index in [0.717, 1.165) is 16.7 Å². The summed E-state index contributed by atoms with van der Waals surface area (Å²) in [6, 6.07) is 10.2. The second-order valence-electron chi connectivity index (χ2n) is 7.89. The lowest BCUT2D eigenvalue weighted by Crippen LogP contribution is -2.52. The van der Waals surface area contributed by atoms with Crippen LogP contribution in [0.25, 0.3) is 0 Å². The Morgan fingerprint density at radius 3 is 2.68 bits per heavy atom. The molecule has 0 spiro atoms. The molecule has 2 aromatic carbocycles. The van der Waals surface area contributed by atoms with E-state index in [4.69, 9.17) is 4.74 Å².